The van der Waals surface area contributed by atoms with E-state index in [1.165, 1.54) is 6.07 Å². The summed E-state index contributed by atoms with van der Waals surface area (Å²) in [5.74, 6) is -0.0790. The van der Waals surface area contributed by atoms with Gasteiger partial charge in [0.25, 0.3) is 5.91 Å². The highest BCUT2D eigenvalue weighted by Gasteiger charge is 2.16. The van der Waals surface area contributed by atoms with Gasteiger partial charge >= 0.3 is 0 Å². The molecular formula is C16H12Cl2FNO3. The number of halogens is 3. The average molecular weight is 356 g/mol. The number of nitrogens with one attached hydrogen (secondary N) is 1. The van der Waals surface area contributed by atoms with Gasteiger partial charge < -0.3 is 14.8 Å². The van der Waals surface area contributed by atoms with Gasteiger partial charge in [-0.15, -0.1) is 0 Å². The third-order valence-corrected chi connectivity index (χ3v) is 3.86. The molecule has 4 nitrogen and oxygen atoms in total. The Morgan fingerprint density at radius 2 is 1.78 bits per heavy atom. The van der Waals surface area contributed by atoms with E-state index in [0.717, 1.165) is 12.5 Å². The van der Waals surface area contributed by atoms with Gasteiger partial charge in [0.15, 0.2) is 11.5 Å². The summed E-state index contributed by atoms with van der Waals surface area (Å²) in [7, 11) is 0. The molecule has 0 fully saturated rings. The van der Waals surface area contributed by atoms with Crippen LogP contribution < -0.4 is 14.8 Å². The maximum atomic E-state index is 13.5. The molecule has 0 radical (unpaired) electrons. The summed E-state index contributed by atoms with van der Waals surface area (Å²) in [4.78, 5) is 12.3. The maximum absolute atomic E-state index is 13.5. The minimum atomic E-state index is -0.708. The molecule has 1 N–H and O–H groups in total. The van der Waals surface area contributed by atoms with Crippen LogP contribution in [0.4, 0.5) is 10.1 Å². The van der Waals surface area contributed by atoms with Crippen LogP contribution in [0.15, 0.2) is 30.3 Å². The summed E-state index contributed by atoms with van der Waals surface area (Å²) in [6.07, 6.45) is 0.788. The zero-order valence-corrected chi connectivity index (χ0v) is 13.4. The van der Waals surface area contributed by atoms with Crippen LogP contribution in [-0.4, -0.2) is 19.1 Å². The number of fused-ring (bicyclic) bond motifs is 1. The largest absolute Gasteiger partial charge is 0.490 e. The van der Waals surface area contributed by atoms with E-state index in [9.17, 15) is 9.18 Å². The summed E-state index contributed by atoms with van der Waals surface area (Å²) >= 11 is 11.6. The molecule has 120 valence electrons. The minimum Gasteiger partial charge on any atom is -0.490 e. The average Bonchev–Trinajstić information content (AvgIpc) is 2.75. The first kappa shape index (κ1) is 15.9. The molecule has 0 bridgehead atoms. The fourth-order valence-corrected chi connectivity index (χ4v) is 2.61. The molecule has 1 amide bonds. The summed E-state index contributed by atoms with van der Waals surface area (Å²) in [5.41, 5.74) is 0.492. The standard InChI is InChI=1S/C16H12Cl2FNO3/c17-11-8-12(18)13(19)7-10(11)16(21)20-9-2-3-14-15(6-9)23-5-1-4-22-14/h2-3,6-8H,1,4-5H2,(H,20,21). The molecule has 0 saturated heterocycles. The Bertz CT molecular complexity index is 767. The van der Waals surface area contributed by atoms with Crippen molar-refractivity contribution in [3.05, 3.63) is 51.8 Å². The van der Waals surface area contributed by atoms with Crippen molar-refractivity contribution in [2.24, 2.45) is 0 Å². The number of anilines is 1. The van der Waals surface area contributed by atoms with E-state index in [1.807, 2.05) is 0 Å². The number of amides is 1. The molecule has 0 spiro atoms. The Morgan fingerprint density at radius 3 is 2.57 bits per heavy atom. The first-order valence-electron chi connectivity index (χ1n) is 6.90. The third kappa shape index (κ3) is 3.51. The van der Waals surface area contributed by atoms with Gasteiger partial charge in [0.2, 0.25) is 0 Å². The van der Waals surface area contributed by atoms with Crippen molar-refractivity contribution in [3.8, 4) is 11.5 Å². The summed E-state index contributed by atoms with van der Waals surface area (Å²) in [6, 6.07) is 7.23. The lowest BCUT2D eigenvalue weighted by atomic mass is 10.2. The highest BCUT2D eigenvalue weighted by atomic mass is 35.5. The third-order valence-electron chi connectivity index (χ3n) is 3.26. The van der Waals surface area contributed by atoms with E-state index in [-0.39, 0.29) is 15.6 Å². The number of hydrogen-bond acceptors (Lipinski definition) is 3. The zero-order valence-electron chi connectivity index (χ0n) is 11.9. The van der Waals surface area contributed by atoms with Crippen LogP contribution in [0.3, 0.4) is 0 Å². The topological polar surface area (TPSA) is 47.6 Å². The van der Waals surface area contributed by atoms with Crippen LogP contribution in [0.5, 0.6) is 11.5 Å². The smallest absolute Gasteiger partial charge is 0.257 e. The van der Waals surface area contributed by atoms with E-state index in [0.29, 0.717) is 30.4 Å². The van der Waals surface area contributed by atoms with Gasteiger partial charge in [-0.2, -0.15) is 0 Å². The molecule has 0 saturated carbocycles. The number of carbonyl (C=O) groups excluding carboxylic acids is 1. The van der Waals surface area contributed by atoms with Gasteiger partial charge in [0.1, 0.15) is 5.82 Å². The van der Waals surface area contributed by atoms with Crippen LogP contribution >= 0.6 is 23.2 Å². The van der Waals surface area contributed by atoms with Gasteiger partial charge in [0, 0.05) is 18.2 Å². The lowest BCUT2D eigenvalue weighted by molar-refractivity contribution is 0.102. The number of benzene rings is 2. The maximum Gasteiger partial charge on any atom is 0.257 e. The van der Waals surface area contributed by atoms with Gasteiger partial charge in [-0.1, -0.05) is 23.2 Å². The van der Waals surface area contributed by atoms with Crippen LogP contribution in [-0.2, 0) is 0 Å². The number of ether oxygens (including phenoxy) is 2. The predicted octanol–water partition coefficient (Wildman–Crippen LogP) is 4.55. The second-order valence-corrected chi connectivity index (χ2v) is 5.73. The molecule has 1 aliphatic rings. The SMILES string of the molecule is O=C(Nc1ccc2c(c1)OCCCO2)c1cc(F)c(Cl)cc1Cl. The molecule has 0 atom stereocenters. The minimum absolute atomic E-state index is 0.000628. The molecule has 23 heavy (non-hydrogen) atoms. The van der Waals surface area contributed by atoms with Crippen LogP contribution in [0, 0.1) is 5.82 Å². The van der Waals surface area contributed by atoms with Crippen LogP contribution in [0.2, 0.25) is 10.0 Å². The lowest BCUT2D eigenvalue weighted by Gasteiger charge is -2.11. The number of carbonyl (C=O) groups is 1. The van der Waals surface area contributed by atoms with Crippen molar-refractivity contribution >= 4 is 34.8 Å². The molecule has 1 aliphatic heterocycles. The van der Waals surface area contributed by atoms with Gasteiger partial charge in [-0.05, 0) is 24.3 Å². The number of rotatable bonds is 2. The Kier molecular flexibility index (Phi) is 4.59. The monoisotopic (exact) mass is 355 g/mol. The van der Waals surface area contributed by atoms with Crippen molar-refractivity contribution in [3.63, 3.8) is 0 Å². The molecule has 7 heteroatoms. The van der Waals surface area contributed by atoms with Gasteiger partial charge in [-0.25, -0.2) is 4.39 Å². The molecule has 3 rings (SSSR count). The first-order valence-corrected chi connectivity index (χ1v) is 7.66. The van der Waals surface area contributed by atoms with E-state index in [4.69, 9.17) is 32.7 Å². The highest BCUT2D eigenvalue weighted by Crippen LogP contribution is 2.33. The molecule has 0 aromatic heterocycles. The van der Waals surface area contributed by atoms with Crippen molar-refractivity contribution < 1.29 is 18.7 Å². The van der Waals surface area contributed by atoms with E-state index in [1.54, 1.807) is 18.2 Å². The van der Waals surface area contributed by atoms with E-state index < -0.39 is 11.7 Å². The van der Waals surface area contributed by atoms with Gasteiger partial charge in [-0.3, -0.25) is 4.79 Å². The Labute approximate surface area is 142 Å². The van der Waals surface area contributed by atoms with E-state index >= 15 is 0 Å². The highest BCUT2D eigenvalue weighted by molar-refractivity contribution is 6.37. The predicted molar refractivity (Wildman–Crippen MR) is 86.4 cm³/mol. The quantitative estimate of drug-likeness (QED) is 0.804. The number of hydrogen-bond donors (Lipinski definition) is 1. The molecule has 2 aromatic rings. The second-order valence-electron chi connectivity index (χ2n) is 4.91. The Hall–Kier alpha value is -1.98. The van der Waals surface area contributed by atoms with Crippen LogP contribution in [0.25, 0.3) is 0 Å². The first-order chi connectivity index (χ1) is 11.0. The Morgan fingerprint density at radius 1 is 1.04 bits per heavy atom. The normalized spacial score (nSPS) is 13.3. The van der Waals surface area contributed by atoms with Gasteiger partial charge in [0.05, 0.1) is 28.8 Å². The summed E-state index contributed by atoms with van der Waals surface area (Å²) < 4.78 is 24.6. The molecular weight excluding hydrogens is 344 g/mol. The zero-order chi connectivity index (χ0) is 16.4. The molecule has 0 aliphatic carbocycles. The van der Waals surface area contributed by atoms with Crippen molar-refractivity contribution in [1.29, 1.82) is 0 Å². The van der Waals surface area contributed by atoms with Crippen molar-refractivity contribution in [2.75, 3.05) is 18.5 Å². The Balaban J connectivity index is 1.83. The molecule has 0 unspecified atom stereocenters. The lowest BCUT2D eigenvalue weighted by Crippen LogP contribution is -2.13. The van der Waals surface area contributed by atoms with Crippen molar-refractivity contribution in [1.82, 2.24) is 0 Å². The molecule has 2 aromatic carbocycles. The fourth-order valence-electron chi connectivity index (χ4n) is 2.14. The van der Waals surface area contributed by atoms with Crippen molar-refractivity contribution in [2.45, 2.75) is 6.42 Å². The van der Waals surface area contributed by atoms with Crippen LogP contribution in [0.1, 0.15) is 16.8 Å². The second kappa shape index (κ2) is 6.64. The fraction of sp³-hybridized carbons (Fsp3) is 0.188. The summed E-state index contributed by atoms with van der Waals surface area (Å²) in [6.45, 7) is 1.12. The van der Waals surface area contributed by atoms with E-state index in [2.05, 4.69) is 5.32 Å². The summed E-state index contributed by atoms with van der Waals surface area (Å²) in [5, 5.41) is 2.58. The molecule has 1 heterocycles.